The van der Waals surface area contributed by atoms with Crippen LogP contribution < -0.4 is 5.73 Å². The number of aliphatic hydroxyl groups excluding tert-OH is 1. The Morgan fingerprint density at radius 3 is 3.14 bits per heavy atom. The summed E-state index contributed by atoms with van der Waals surface area (Å²) in [5.41, 5.74) is 7.24. The minimum atomic E-state index is -0.646. The summed E-state index contributed by atoms with van der Waals surface area (Å²) < 4.78 is 0. The van der Waals surface area contributed by atoms with Gasteiger partial charge in [0.1, 0.15) is 11.1 Å². The van der Waals surface area contributed by atoms with E-state index < -0.39 is 6.10 Å². The molecule has 0 aliphatic carbocycles. The highest BCUT2D eigenvalue weighted by molar-refractivity contribution is 7.10. The van der Waals surface area contributed by atoms with E-state index in [0.717, 1.165) is 11.3 Å². The predicted molar refractivity (Wildman–Crippen MR) is 55.9 cm³/mol. The average Bonchev–Trinajstić information content (AvgIpc) is 2.86. The number of aliphatic hydroxyl groups is 1. The third-order valence-corrected chi connectivity index (χ3v) is 2.87. The Hall–Kier alpha value is -1.17. The second kappa shape index (κ2) is 3.91. The number of hydrogen-bond donors (Lipinski definition) is 3. The molecule has 2 heterocycles. The summed E-state index contributed by atoms with van der Waals surface area (Å²) in [4.78, 5) is 7.25. The van der Waals surface area contributed by atoms with Gasteiger partial charge in [0, 0.05) is 29.9 Å². The van der Waals surface area contributed by atoms with Gasteiger partial charge in [-0.25, -0.2) is 4.98 Å². The summed E-state index contributed by atoms with van der Waals surface area (Å²) in [5.74, 6) is 0. The molecule has 0 bridgehead atoms. The summed E-state index contributed by atoms with van der Waals surface area (Å²) in [7, 11) is 0. The Labute approximate surface area is 85.4 Å². The molecular weight excluding hydrogens is 198 g/mol. The largest absolute Gasteiger partial charge is 0.385 e. The van der Waals surface area contributed by atoms with Gasteiger partial charge in [0.15, 0.2) is 0 Å². The van der Waals surface area contributed by atoms with Gasteiger partial charge in [-0.3, -0.25) is 0 Å². The molecule has 1 unspecified atom stereocenters. The van der Waals surface area contributed by atoms with E-state index in [4.69, 9.17) is 5.73 Å². The van der Waals surface area contributed by atoms with E-state index in [-0.39, 0.29) is 6.54 Å². The van der Waals surface area contributed by atoms with E-state index in [2.05, 4.69) is 9.97 Å². The van der Waals surface area contributed by atoms with E-state index in [1.54, 1.807) is 0 Å². The molecule has 0 saturated carbocycles. The molecule has 1 atom stereocenters. The topological polar surface area (TPSA) is 74.9 Å². The Morgan fingerprint density at radius 2 is 2.50 bits per heavy atom. The smallest absolute Gasteiger partial charge is 0.123 e. The molecule has 0 aliphatic rings. The molecule has 2 aromatic rings. The van der Waals surface area contributed by atoms with Crippen LogP contribution >= 0.6 is 11.3 Å². The Bertz CT molecular complexity index is 396. The van der Waals surface area contributed by atoms with E-state index in [9.17, 15) is 5.11 Å². The highest BCUT2D eigenvalue weighted by Crippen LogP contribution is 2.24. The van der Waals surface area contributed by atoms with Crippen molar-refractivity contribution in [2.45, 2.75) is 6.10 Å². The standard InChI is InChI=1S/C9H11N3OS/c10-3-8(13)9-12-7(5-14-9)6-1-2-11-4-6/h1-2,4-5,8,11,13H,3,10H2. The number of thiazole rings is 1. The zero-order chi connectivity index (χ0) is 9.97. The van der Waals surface area contributed by atoms with Gasteiger partial charge in [-0.2, -0.15) is 0 Å². The van der Waals surface area contributed by atoms with Crippen molar-refractivity contribution < 1.29 is 5.11 Å². The highest BCUT2D eigenvalue weighted by Gasteiger charge is 2.11. The van der Waals surface area contributed by atoms with Gasteiger partial charge in [0.05, 0.1) is 5.69 Å². The van der Waals surface area contributed by atoms with Crippen LogP contribution in [0.2, 0.25) is 0 Å². The van der Waals surface area contributed by atoms with Gasteiger partial charge in [-0.1, -0.05) is 0 Å². The van der Waals surface area contributed by atoms with Gasteiger partial charge < -0.3 is 15.8 Å². The Kier molecular flexibility index (Phi) is 2.62. The van der Waals surface area contributed by atoms with Gasteiger partial charge in [-0.05, 0) is 6.07 Å². The van der Waals surface area contributed by atoms with Crippen LogP contribution in [0.5, 0.6) is 0 Å². The number of nitrogens with zero attached hydrogens (tertiary/aromatic N) is 1. The number of nitrogens with two attached hydrogens (primary N) is 1. The molecule has 4 nitrogen and oxygen atoms in total. The molecule has 74 valence electrons. The Balaban J connectivity index is 2.26. The van der Waals surface area contributed by atoms with Gasteiger partial charge >= 0.3 is 0 Å². The van der Waals surface area contributed by atoms with Crippen molar-refractivity contribution >= 4 is 11.3 Å². The average molecular weight is 209 g/mol. The van der Waals surface area contributed by atoms with Crippen molar-refractivity contribution in [2.75, 3.05) is 6.54 Å². The first-order valence-electron chi connectivity index (χ1n) is 4.28. The van der Waals surface area contributed by atoms with Gasteiger partial charge in [-0.15, -0.1) is 11.3 Å². The van der Waals surface area contributed by atoms with Gasteiger partial charge in [0.2, 0.25) is 0 Å². The van der Waals surface area contributed by atoms with E-state index >= 15 is 0 Å². The van der Waals surface area contributed by atoms with Crippen LogP contribution in [-0.4, -0.2) is 21.6 Å². The normalized spacial score (nSPS) is 13.0. The zero-order valence-corrected chi connectivity index (χ0v) is 8.29. The maximum atomic E-state index is 9.46. The molecule has 0 aliphatic heterocycles. The molecule has 0 amide bonds. The summed E-state index contributed by atoms with van der Waals surface area (Å²) >= 11 is 1.43. The molecule has 0 radical (unpaired) electrons. The molecule has 2 aromatic heterocycles. The number of H-pyrrole nitrogens is 1. The number of hydrogen-bond acceptors (Lipinski definition) is 4. The van der Waals surface area contributed by atoms with Crippen molar-refractivity contribution in [1.29, 1.82) is 0 Å². The SMILES string of the molecule is NCC(O)c1nc(-c2cc[nH]c2)cs1. The molecule has 5 heteroatoms. The van der Waals surface area contributed by atoms with Crippen LogP contribution in [0.15, 0.2) is 23.8 Å². The molecule has 0 saturated heterocycles. The van der Waals surface area contributed by atoms with E-state index in [0.29, 0.717) is 5.01 Å². The lowest BCUT2D eigenvalue weighted by molar-refractivity contribution is 0.186. The fraction of sp³-hybridized carbons (Fsp3) is 0.222. The van der Waals surface area contributed by atoms with Crippen molar-refractivity contribution in [3.05, 3.63) is 28.8 Å². The first-order chi connectivity index (χ1) is 6.81. The highest BCUT2D eigenvalue weighted by atomic mass is 32.1. The monoisotopic (exact) mass is 209 g/mol. The number of aromatic nitrogens is 2. The van der Waals surface area contributed by atoms with Crippen molar-refractivity contribution in [3.63, 3.8) is 0 Å². The Morgan fingerprint density at radius 1 is 1.64 bits per heavy atom. The van der Waals surface area contributed by atoms with Crippen molar-refractivity contribution in [2.24, 2.45) is 5.73 Å². The van der Waals surface area contributed by atoms with Crippen LogP contribution in [-0.2, 0) is 0 Å². The van der Waals surface area contributed by atoms with Gasteiger partial charge in [0.25, 0.3) is 0 Å². The lowest BCUT2D eigenvalue weighted by atomic mass is 10.3. The maximum Gasteiger partial charge on any atom is 0.123 e. The molecular formula is C9H11N3OS. The zero-order valence-electron chi connectivity index (χ0n) is 7.47. The summed E-state index contributed by atoms with van der Waals surface area (Å²) in [6.45, 7) is 0.208. The summed E-state index contributed by atoms with van der Waals surface area (Å²) in [6.07, 6.45) is 3.06. The van der Waals surface area contributed by atoms with Crippen LogP contribution in [0, 0.1) is 0 Å². The number of nitrogens with one attached hydrogen (secondary N) is 1. The second-order valence-electron chi connectivity index (χ2n) is 2.92. The van der Waals surface area contributed by atoms with E-state index in [1.165, 1.54) is 11.3 Å². The van der Waals surface area contributed by atoms with Crippen molar-refractivity contribution in [3.8, 4) is 11.3 Å². The molecule has 0 fully saturated rings. The molecule has 4 N–H and O–H groups in total. The summed E-state index contributed by atoms with van der Waals surface area (Å²) in [5, 5.41) is 12.0. The quantitative estimate of drug-likeness (QED) is 0.709. The maximum absolute atomic E-state index is 9.46. The molecule has 0 aromatic carbocycles. The predicted octanol–water partition coefficient (Wildman–Crippen LogP) is 1.13. The van der Waals surface area contributed by atoms with Crippen LogP contribution in [0.3, 0.4) is 0 Å². The molecule has 2 rings (SSSR count). The number of rotatable bonds is 3. The van der Waals surface area contributed by atoms with E-state index in [1.807, 2.05) is 23.8 Å². The van der Waals surface area contributed by atoms with Crippen LogP contribution in [0.4, 0.5) is 0 Å². The molecule has 14 heavy (non-hydrogen) atoms. The number of aromatic amines is 1. The van der Waals surface area contributed by atoms with Crippen molar-refractivity contribution in [1.82, 2.24) is 9.97 Å². The first kappa shape index (κ1) is 9.39. The fourth-order valence-electron chi connectivity index (χ4n) is 1.16. The van der Waals surface area contributed by atoms with Crippen LogP contribution in [0.25, 0.3) is 11.3 Å². The fourth-order valence-corrected chi connectivity index (χ4v) is 1.98. The first-order valence-corrected chi connectivity index (χ1v) is 5.16. The minimum Gasteiger partial charge on any atom is -0.385 e. The summed E-state index contributed by atoms with van der Waals surface area (Å²) in [6, 6.07) is 1.94. The lowest BCUT2D eigenvalue weighted by Gasteiger charge is -2.00. The molecule has 0 spiro atoms. The second-order valence-corrected chi connectivity index (χ2v) is 3.81. The minimum absolute atomic E-state index is 0.208. The third kappa shape index (κ3) is 1.70. The lowest BCUT2D eigenvalue weighted by Crippen LogP contribution is -2.10. The van der Waals surface area contributed by atoms with Crippen LogP contribution in [0.1, 0.15) is 11.1 Å². The third-order valence-electron chi connectivity index (χ3n) is 1.92.